The van der Waals surface area contributed by atoms with Crippen LogP contribution in [0.25, 0.3) is 16.4 Å². The molecule has 2 N–H and O–H groups in total. The van der Waals surface area contributed by atoms with E-state index in [0.717, 1.165) is 22.6 Å². The van der Waals surface area contributed by atoms with E-state index in [1.54, 1.807) is 19.2 Å². The van der Waals surface area contributed by atoms with Gasteiger partial charge in [0.15, 0.2) is 5.69 Å². The fourth-order valence-electron chi connectivity index (χ4n) is 1.87. The first-order valence-corrected chi connectivity index (χ1v) is 7.09. The lowest BCUT2D eigenvalue weighted by Crippen LogP contribution is -1.99. The molecule has 112 valence electrons. The summed E-state index contributed by atoms with van der Waals surface area (Å²) in [6.45, 7) is 0. The molecule has 2 heterocycles. The maximum Gasteiger partial charge on any atom is 0.355 e. The van der Waals surface area contributed by atoms with Crippen LogP contribution in [0.4, 0.5) is 0 Å². The normalized spacial score (nSPS) is 10.6. The highest BCUT2D eigenvalue weighted by Gasteiger charge is 2.15. The minimum atomic E-state index is -1.12. The van der Waals surface area contributed by atoms with Crippen LogP contribution in [-0.2, 0) is 0 Å². The van der Waals surface area contributed by atoms with Gasteiger partial charge >= 0.3 is 5.97 Å². The molecule has 3 rings (SSSR count). The standard InChI is InChI=1S/C14H11N3O4S/c1-21-9-4-2-8(3-5-9)10-6-12(18)17(16-10)14-15-11(7-22-14)13(19)20/h2-7,18H,1H3,(H,19,20). The van der Waals surface area contributed by atoms with Crippen LogP contribution < -0.4 is 4.74 Å². The minimum absolute atomic E-state index is 0.0825. The fourth-order valence-corrected chi connectivity index (χ4v) is 2.63. The molecule has 0 atom stereocenters. The molecule has 0 fully saturated rings. The molecule has 8 heteroatoms. The summed E-state index contributed by atoms with van der Waals surface area (Å²) in [7, 11) is 1.58. The lowest BCUT2D eigenvalue weighted by molar-refractivity contribution is 0.0691. The Morgan fingerprint density at radius 1 is 1.32 bits per heavy atom. The van der Waals surface area contributed by atoms with E-state index in [0.29, 0.717) is 5.69 Å². The number of carbonyl (C=O) groups is 1. The Labute approximate surface area is 129 Å². The number of carboxylic acid groups (broad SMARTS) is 1. The van der Waals surface area contributed by atoms with Crippen LogP contribution in [0.2, 0.25) is 0 Å². The van der Waals surface area contributed by atoms with Gasteiger partial charge in [0.2, 0.25) is 11.0 Å². The van der Waals surface area contributed by atoms with E-state index < -0.39 is 5.97 Å². The molecule has 0 saturated heterocycles. The van der Waals surface area contributed by atoms with Crippen molar-refractivity contribution < 1.29 is 19.7 Å². The molecule has 0 aliphatic carbocycles. The average molecular weight is 317 g/mol. The van der Waals surface area contributed by atoms with Gasteiger partial charge in [-0.05, 0) is 24.3 Å². The molecular weight excluding hydrogens is 306 g/mol. The van der Waals surface area contributed by atoms with Crippen molar-refractivity contribution >= 4 is 17.3 Å². The van der Waals surface area contributed by atoms with Gasteiger partial charge in [-0.1, -0.05) is 0 Å². The van der Waals surface area contributed by atoms with Gasteiger partial charge < -0.3 is 14.9 Å². The van der Waals surface area contributed by atoms with E-state index in [1.807, 2.05) is 12.1 Å². The topological polar surface area (TPSA) is 97.5 Å². The number of benzene rings is 1. The van der Waals surface area contributed by atoms with E-state index >= 15 is 0 Å². The molecule has 2 aromatic heterocycles. The highest BCUT2D eigenvalue weighted by Crippen LogP contribution is 2.27. The van der Waals surface area contributed by atoms with Crippen molar-refractivity contribution in [3.05, 3.63) is 41.4 Å². The summed E-state index contributed by atoms with van der Waals surface area (Å²) in [4.78, 5) is 14.8. The molecule has 0 aliphatic heterocycles. The van der Waals surface area contributed by atoms with Crippen LogP contribution in [0.3, 0.4) is 0 Å². The van der Waals surface area contributed by atoms with Crippen LogP contribution in [-0.4, -0.2) is 38.1 Å². The van der Waals surface area contributed by atoms with E-state index in [4.69, 9.17) is 9.84 Å². The van der Waals surface area contributed by atoms with Crippen molar-refractivity contribution in [2.75, 3.05) is 7.11 Å². The van der Waals surface area contributed by atoms with Gasteiger partial charge in [-0.15, -0.1) is 11.3 Å². The third-order valence-corrected chi connectivity index (χ3v) is 3.78. The van der Waals surface area contributed by atoms with Crippen molar-refractivity contribution in [3.8, 4) is 28.0 Å². The van der Waals surface area contributed by atoms with Crippen LogP contribution >= 0.6 is 11.3 Å². The Morgan fingerprint density at radius 2 is 2.05 bits per heavy atom. The van der Waals surface area contributed by atoms with Crippen molar-refractivity contribution in [3.63, 3.8) is 0 Å². The quantitative estimate of drug-likeness (QED) is 0.767. The molecule has 0 unspecified atom stereocenters. The highest BCUT2D eigenvalue weighted by molar-refractivity contribution is 7.12. The van der Waals surface area contributed by atoms with E-state index in [1.165, 1.54) is 16.1 Å². The number of methoxy groups -OCH3 is 1. The minimum Gasteiger partial charge on any atom is -0.497 e. The van der Waals surface area contributed by atoms with Crippen LogP contribution in [0, 0.1) is 0 Å². The zero-order chi connectivity index (χ0) is 15.7. The van der Waals surface area contributed by atoms with Gasteiger partial charge in [-0.25, -0.2) is 9.78 Å². The number of hydrogen-bond acceptors (Lipinski definition) is 6. The number of hydrogen-bond donors (Lipinski definition) is 2. The summed E-state index contributed by atoms with van der Waals surface area (Å²) in [5.41, 5.74) is 1.26. The maximum atomic E-state index is 10.9. The highest BCUT2D eigenvalue weighted by atomic mass is 32.1. The molecule has 0 saturated carbocycles. The second kappa shape index (κ2) is 5.49. The molecule has 0 aliphatic rings. The summed E-state index contributed by atoms with van der Waals surface area (Å²) in [5, 5.41) is 24.8. The van der Waals surface area contributed by atoms with Crippen molar-refractivity contribution in [1.29, 1.82) is 0 Å². The SMILES string of the molecule is COc1ccc(-c2cc(O)n(-c3nc(C(=O)O)cs3)n2)cc1. The van der Waals surface area contributed by atoms with Crippen LogP contribution in [0.5, 0.6) is 11.6 Å². The van der Waals surface area contributed by atoms with E-state index in [9.17, 15) is 9.90 Å². The Bertz CT molecular complexity index is 823. The van der Waals surface area contributed by atoms with Gasteiger partial charge in [-0.3, -0.25) is 0 Å². The third-order valence-electron chi connectivity index (χ3n) is 2.97. The van der Waals surface area contributed by atoms with Gasteiger partial charge in [0.1, 0.15) is 5.75 Å². The Hall–Kier alpha value is -2.87. The number of aromatic carboxylic acids is 1. The number of ether oxygens (including phenoxy) is 1. The lowest BCUT2D eigenvalue weighted by Gasteiger charge is -2.00. The van der Waals surface area contributed by atoms with Crippen LogP contribution in [0.1, 0.15) is 10.5 Å². The van der Waals surface area contributed by atoms with Gasteiger partial charge in [0, 0.05) is 17.0 Å². The summed E-state index contributed by atoms with van der Waals surface area (Å²) >= 11 is 1.09. The fraction of sp³-hybridized carbons (Fsp3) is 0.0714. The summed E-state index contributed by atoms with van der Waals surface area (Å²) in [6, 6.07) is 8.70. The maximum absolute atomic E-state index is 10.9. The van der Waals surface area contributed by atoms with Crippen molar-refractivity contribution in [2.24, 2.45) is 0 Å². The predicted molar refractivity (Wildman–Crippen MR) is 79.8 cm³/mol. The zero-order valence-electron chi connectivity index (χ0n) is 11.4. The van der Waals surface area contributed by atoms with Crippen molar-refractivity contribution in [1.82, 2.24) is 14.8 Å². The Kier molecular flexibility index (Phi) is 3.51. The van der Waals surface area contributed by atoms with E-state index in [2.05, 4.69) is 10.1 Å². The first-order chi connectivity index (χ1) is 10.6. The molecule has 0 bridgehead atoms. The molecular formula is C14H11N3O4S. The number of aromatic nitrogens is 3. The second-order valence-electron chi connectivity index (χ2n) is 4.35. The number of carboxylic acids is 1. The molecule has 1 aromatic carbocycles. The third kappa shape index (κ3) is 2.51. The van der Waals surface area contributed by atoms with Gasteiger partial charge in [-0.2, -0.15) is 9.78 Å². The number of rotatable bonds is 4. The van der Waals surface area contributed by atoms with Crippen LogP contribution in [0.15, 0.2) is 35.7 Å². The first-order valence-electron chi connectivity index (χ1n) is 6.21. The monoisotopic (exact) mass is 317 g/mol. The largest absolute Gasteiger partial charge is 0.497 e. The molecule has 22 heavy (non-hydrogen) atoms. The first kappa shape index (κ1) is 14.1. The molecule has 3 aromatic rings. The molecule has 0 amide bonds. The van der Waals surface area contributed by atoms with Gasteiger partial charge in [0.25, 0.3) is 0 Å². The summed E-state index contributed by atoms with van der Waals surface area (Å²) in [5.74, 6) is -0.514. The summed E-state index contributed by atoms with van der Waals surface area (Å²) < 4.78 is 6.29. The smallest absolute Gasteiger partial charge is 0.355 e. The van der Waals surface area contributed by atoms with E-state index in [-0.39, 0.29) is 16.7 Å². The molecule has 0 radical (unpaired) electrons. The second-order valence-corrected chi connectivity index (χ2v) is 5.19. The number of nitrogens with zero attached hydrogens (tertiary/aromatic N) is 3. The summed E-state index contributed by atoms with van der Waals surface area (Å²) in [6.07, 6.45) is 0. The Balaban J connectivity index is 1.97. The van der Waals surface area contributed by atoms with Gasteiger partial charge in [0.05, 0.1) is 12.8 Å². The number of aromatic hydroxyl groups is 1. The number of thiazole rings is 1. The predicted octanol–water partition coefficient (Wildman–Crippen LogP) is 2.41. The zero-order valence-corrected chi connectivity index (χ0v) is 12.2. The average Bonchev–Trinajstić information content (AvgIpc) is 3.14. The Morgan fingerprint density at radius 3 is 2.64 bits per heavy atom. The van der Waals surface area contributed by atoms with Crippen molar-refractivity contribution in [2.45, 2.75) is 0 Å². The molecule has 7 nitrogen and oxygen atoms in total. The lowest BCUT2D eigenvalue weighted by atomic mass is 10.1. The molecule has 0 spiro atoms.